The van der Waals surface area contributed by atoms with Crippen LogP contribution in [0.15, 0.2) is 36.7 Å². The van der Waals surface area contributed by atoms with Crippen LogP contribution >= 0.6 is 24.0 Å². The van der Waals surface area contributed by atoms with E-state index in [1.165, 1.54) is 6.42 Å². The molecule has 1 fully saturated rings. The van der Waals surface area contributed by atoms with Gasteiger partial charge >= 0.3 is 0 Å². The van der Waals surface area contributed by atoms with Gasteiger partial charge < -0.3 is 21.1 Å². The smallest absolute Gasteiger partial charge is 0.135 e. The Balaban J connectivity index is 0.000000534. The minimum atomic E-state index is -0.412. The van der Waals surface area contributed by atoms with Crippen molar-refractivity contribution in [3.05, 3.63) is 52.9 Å². The lowest BCUT2D eigenvalue weighted by Crippen LogP contribution is -2.44. The molecule has 0 amide bonds. The van der Waals surface area contributed by atoms with Gasteiger partial charge in [-0.15, -0.1) is 12.4 Å². The Kier molecular flexibility index (Phi) is 16.3. The molecule has 1 aromatic carbocycles. The molecular weight excluding hydrogens is 445 g/mol. The molecule has 2 aromatic rings. The standard InChI is InChI=1S/C12H18N4O.C6H5Cl.C3H9N.C3H8.ClH/c1-8-6-9(17)11-10(8)12(15-7-14-11)16-4-2-13-3-5-16;7-6-4-2-1-3-5-6;1-3(2)4;1-3-2;/h7-9,13,17H,2-6H2,1H3;1-5H;3H,4H2,1-2H3;3H2,1-2H3;1H/t8-,9-;;;;/m1..../s1. The maximum Gasteiger partial charge on any atom is 0.135 e. The summed E-state index contributed by atoms with van der Waals surface area (Å²) >= 11 is 5.54. The number of hydrogen-bond donors (Lipinski definition) is 3. The first-order valence-electron chi connectivity index (χ1n) is 11.3. The summed E-state index contributed by atoms with van der Waals surface area (Å²) in [5, 5.41) is 14.1. The van der Waals surface area contributed by atoms with E-state index in [0.717, 1.165) is 54.7 Å². The molecule has 4 N–H and O–H groups in total. The molecule has 0 unspecified atom stereocenters. The Morgan fingerprint density at radius 1 is 1.16 bits per heavy atom. The Hall–Kier alpha value is -1.44. The lowest BCUT2D eigenvalue weighted by molar-refractivity contribution is 0.170. The molecule has 0 radical (unpaired) electrons. The molecule has 182 valence electrons. The number of nitrogens with zero attached hydrogens (tertiary/aromatic N) is 3. The SMILES string of the molecule is CC(C)N.CCC.C[C@@H]1C[C@@H](O)c2ncnc(N3CCNCC3)c21.Cl.Clc1ccccc1. The lowest BCUT2D eigenvalue weighted by Gasteiger charge is -2.30. The summed E-state index contributed by atoms with van der Waals surface area (Å²) in [7, 11) is 0. The number of benzene rings is 1. The second kappa shape index (κ2) is 17.1. The molecule has 6 nitrogen and oxygen atoms in total. The Morgan fingerprint density at radius 3 is 2.16 bits per heavy atom. The first-order valence-corrected chi connectivity index (χ1v) is 11.6. The number of nitrogens with one attached hydrogen (secondary N) is 1. The molecule has 0 spiro atoms. The zero-order valence-electron chi connectivity index (χ0n) is 20.1. The van der Waals surface area contributed by atoms with E-state index in [0.29, 0.717) is 12.0 Å². The van der Waals surface area contributed by atoms with E-state index >= 15 is 0 Å². The van der Waals surface area contributed by atoms with Crippen molar-refractivity contribution in [3.8, 4) is 0 Å². The van der Waals surface area contributed by atoms with Gasteiger partial charge in [-0.1, -0.05) is 70.8 Å². The molecule has 2 atom stereocenters. The Morgan fingerprint density at radius 2 is 1.69 bits per heavy atom. The molecule has 0 bridgehead atoms. The summed E-state index contributed by atoms with van der Waals surface area (Å²) in [6.07, 6.45) is 3.19. The van der Waals surface area contributed by atoms with E-state index in [2.05, 4.69) is 41.0 Å². The summed E-state index contributed by atoms with van der Waals surface area (Å²) in [6.45, 7) is 14.2. The fraction of sp³-hybridized carbons (Fsp3) is 0.583. The van der Waals surface area contributed by atoms with E-state index in [4.69, 9.17) is 17.3 Å². The van der Waals surface area contributed by atoms with Crippen LogP contribution in [0.1, 0.15) is 70.7 Å². The van der Waals surface area contributed by atoms with Gasteiger partial charge in [0.2, 0.25) is 0 Å². The molecule has 4 rings (SSSR count). The van der Waals surface area contributed by atoms with Gasteiger partial charge in [0.05, 0.1) is 11.8 Å². The molecule has 1 aromatic heterocycles. The molecule has 1 saturated heterocycles. The molecule has 2 heterocycles. The van der Waals surface area contributed by atoms with Gasteiger partial charge in [0.1, 0.15) is 12.1 Å². The summed E-state index contributed by atoms with van der Waals surface area (Å²) < 4.78 is 0. The monoisotopic (exact) mass is 485 g/mol. The molecule has 1 aliphatic carbocycles. The van der Waals surface area contributed by atoms with Crippen molar-refractivity contribution in [2.75, 3.05) is 31.1 Å². The third-order valence-corrected chi connectivity index (χ3v) is 4.68. The second-order valence-electron chi connectivity index (χ2n) is 8.13. The van der Waals surface area contributed by atoms with Crippen LogP contribution in [0.4, 0.5) is 5.82 Å². The quantitative estimate of drug-likeness (QED) is 0.528. The minimum absolute atomic E-state index is 0. The van der Waals surface area contributed by atoms with Gasteiger partial charge in [0, 0.05) is 36.8 Å². The van der Waals surface area contributed by atoms with E-state index in [1.807, 2.05) is 44.2 Å². The van der Waals surface area contributed by atoms with Crippen molar-refractivity contribution >= 4 is 29.8 Å². The Labute approximate surface area is 205 Å². The lowest BCUT2D eigenvalue weighted by atomic mass is 10.1. The average molecular weight is 487 g/mol. The first kappa shape index (κ1) is 30.6. The van der Waals surface area contributed by atoms with E-state index in [-0.39, 0.29) is 12.4 Å². The molecule has 32 heavy (non-hydrogen) atoms. The number of rotatable bonds is 1. The van der Waals surface area contributed by atoms with Crippen molar-refractivity contribution in [1.82, 2.24) is 15.3 Å². The van der Waals surface area contributed by atoms with Crippen LogP contribution in [0.2, 0.25) is 5.02 Å². The molecule has 2 aliphatic rings. The van der Waals surface area contributed by atoms with E-state index in [9.17, 15) is 5.11 Å². The minimum Gasteiger partial charge on any atom is -0.387 e. The van der Waals surface area contributed by atoms with Crippen molar-refractivity contribution in [3.63, 3.8) is 0 Å². The largest absolute Gasteiger partial charge is 0.387 e. The van der Waals surface area contributed by atoms with Crippen LogP contribution in [0.3, 0.4) is 0 Å². The highest BCUT2D eigenvalue weighted by atomic mass is 35.5. The number of halogens is 2. The van der Waals surface area contributed by atoms with Gasteiger partial charge in [-0.25, -0.2) is 9.97 Å². The van der Waals surface area contributed by atoms with Crippen molar-refractivity contribution in [1.29, 1.82) is 0 Å². The van der Waals surface area contributed by atoms with Crippen LogP contribution in [-0.2, 0) is 0 Å². The molecule has 1 aliphatic heterocycles. The number of nitrogens with two attached hydrogens (primary N) is 1. The zero-order chi connectivity index (χ0) is 23.2. The fourth-order valence-electron chi connectivity index (χ4n) is 3.25. The highest BCUT2D eigenvalue weighted by Crippen LogP contribution is 2.42. The number of aliphatic hydroxyl groups is 1. The zero-order valence-corrected chi connectivity index (χ0v) is 21.7. The van der Waals surface area contributed by atoms with E-state index in [1.54, 1.807) is 6.33 Å². The molecular formula is C24H41Cl2N5O. The summed E-state index contributed by atoms with van der Waals surface area (Å²) in [6, 6.07) is 9.78. The highest BCUT2D eigenvalue weighted by Gasteiger charge is 2.32. The number of anilines is 1. The third kappa shape index (κ3) is 10.9. The maximum absolute atomic E-state index is 9.95. The summed E-state index contributed by atoms with van der Waals surface area (Å²) in [5.74, 6) is 1.38. The highest BCUT2D eigenvalue weighted by molar-refractivity contribution is 6.30. The number of aliphatic hydroxyl groups excluding tert-OH is 1. The van der Waals surface area contributed by atoms with Crippen LogP contribution in [0, 0.1) is 0 Å². The molecule has 8 heteroatoms. The van der Waals surface area contributed by atoms with Crippen LogP contribution in [0.5, 0.6) is 0 Å². The number of aromatic nitrogens is 2. The first-order chi connectivity index (χ1) is 14.8. The van der Waals surface area contributed by atoms with Gasteiger partial charge in [-0.05, 0) is 30.5 Å². The van der Waals surface area contributed by atoms with Crippen LogP contribution in [-0.4, -0.2) is 47.3 Å². The second-order valence-corrected chi connectivity index (χ2v) is 8.57. The third-order valence-electron chi connectivity index (χ3n) is 4.43. The van der Waals surface area contributed by atoms with Gasteiger partial charge in [-0.2, -0.15) is 0 Å². The molecule has 0 saturated carbocycles. The number of hydrogen-bond acceptors (Lipinski definition) is 6. The predicted molar refractivity (Wildman–Crippen MR) is 139 cm³/mol. The number of piperazine rings is 1. The van der Waals surface area contributed by atoms with Crippen molar-refractivity contribution in [2.45, 2.75) is 65.5 Å². The normalized spacial score (nSPS) is 18.6. The predicted octanol–water partition coefficient (Wildman–Crippen LogP) is 4.96. The number of fused-ring (bicyclic) bond motifs is 1. The average Bonchev–Trinajstić information content (AvgIpc) is 3.04. The van der Waals surface area contributed by atoms with Crippen molar-refractivity contribution in [2.24, 2.45) is 5.73 Å². The summed E-state index contributed by atoms with van der Waals surface area (Å²) in [5.41, 5.74) is 7.10. The Bertz CT molecular complexity index is 725. The van der Waals surface area contributed by atoms with Gasteiger partial charge in [-0.3, -0.25) is 0 Å². The van der Waals surface area contributed by atoms with Gasteiger partial charge in [0.25, 0.3) is 0 Å². The van der Waals surface area contributed by atoms with Crippen molar-refractivity contribution < 1.29 is 5.11 Å². The van der Waals surface area contributed by atoms with Gasteiger partial charge in [0.15, 0.2) is 0 Å². The van der Waals surface area contributed by atoms with Crippen LogP contribution < -0.4 is 16.0 Å². The van der Waals surface area contributed by atoms with Crippen LogP contribution in [0.25, 0.3) is 0 Å². The fourth-order valence-corrected chi connectivity index (χ4v) is 3.39. The summed E-state index contributed by atoms with van der Waals surface area (Å²) in [4.78, 5) is 11.0. The topological polar surface area (TPSA) is 87.3 Å². The maximum atomic E-state index is 9.95. The van der Waals surface area contributed by atoms with E-state index < -0.39 is 6.10 Å².